The van der Waals surface area contributed by atoms with Crippen molar-refractivity contribution < 1.29 is 31.6 Å². The van der Waals surface area contributed by atoms with Crippen LogP contribution in [0.2, 0.25) is 0 Å². The fraction of sp³-hybridized carbons (Fsp3) is 0.786. The lowest BCUT2D eigenvalue weighted by atomic mass is 9.88. The van der Waals surface area contributed by atoms with Gasteiger partial charge in [0.1, 0.15) is 6.04 Å². The van der Waals surface area contributed by atoms with E-state index in [1.165, 1.54) is 0 Å². The molecule has 1 aliphatic carbocycles. The van der Waals surface area contributed by atoms with E-state index in [0.29, 0.717) is 22.9 Å². The van der Waals surface area contributed by atoms with E-state index in [0.717, 1.165) is 24.2 Å². The molecule has 0 aromatic rings. The molecule has 3 fully saturated rings. The van der Waals surface area contributed by atoms with Gasteiger partial charge in [0, 0.05) is 12.5 Å². The number of nitrogens with zero attached hydrogens (tertiary/aromatic N) is 3. The smallest absolute Gasteiger partial charge is 0.309 e. The number of hydroxylamine groups is 2. The summed E-state index contributed by atoms with van der Waals surface area (Å²) in [7, 11) is -4.86. The minimum Gasteiger partial charge on any atom is -0.309 e. The Labute approximate surface area is 150 Å². The molecule has 3 N–H and O–H groups in total. The van der Waals surface area contributed by atoms with Gasteiger partial charge in [-0.1, -0.05) is 19.3 Å². The highest BCUT2D eigenvalue weighted by Gasteiger charge is 2.50. The van der Waals surface area contributed by atoms with Crippen LogP contribution < -0.4 is 5.84 Å². The van der Waals surface area contributed by atoms with Gasteiger partial charge >= 0.3 is 16.4 Å². The first-order valence-corrected chi connectivity index (χ1v) is 9.95. The van der Waals surface area contributed by atoms with Crippen molar-refractivity contribution in [3.63, 3.8) is 0 Å². The Kier molecular flexibility index (Phi) is 5.19. The van der Waals surface area contributed by atoms with E-state index in [2.05, 4.69) is 4.28 Å². The highest BCUT2D eigenvalue weighted by atomic mass is 32.3. The summed E-state index contributed by atoms with van der Waals surface area (Å²) in [6.07, 6.45) is 4.74. The van der Waals surface area contributed by atoms with Crippen LogP contribution in [0.15, 0.2) is 0 Å². The molecule has 0 radical (unpaired) electrons. The van der Waals surface area contributed by atoms with Crippen molar-refractivity contribution in [1.29, 1.82) is 0 Å². The molecule has 2 bridgehead atoms. The molecule has 3 aliphatic rings. The van der Waals surface area contributed by atoms with Crippen molar-refractivity contribution in [2.24, 2.45) is 11.8 Å². The van der Waals surface area contributed by atoms with Crippen LogP contribution in [0, 0.1) is 5.92 Å². The fourth-order valence-electron chi connectivity index (χ4n) is 3.90. The van der Waals surface area contributed by atoms with E-state index < -0.39 is 40.3 Å². The third kappa shape index (κ3) is 3.68. The van der Waals surface area contributed by atoms with Gasteiger partial charge in [0.05, 0.1) is 6.04 Å². The summed E-state index contributed by atoms with van der Waals surface area (Å²) in [6, 6.07) is -2.43. The highest BCUT2D eigenvalue weighted by molar-refractivity contribution is 7.80. The van der Waals surface area contributed by atoms with Crippen molar-refractivity contribution in [3.05, 3.63) is 0 Å². The molecular formula is C14H22N4O7S. The number of urea groups is 1. The largest absolute Gasteiger partial charge is 0.418 e. The number of hydrogen-bond donors (Lipinski definition) is 2. The molecule has 2 heterocycles. The molecule has 2 aliphatic heterocycles. The van der Waals surface area contributed by atoms with Crippen molar-refractivity contribution in [1.82, 2.24) is 15.0 Å². The number of nitrogens with two attached hydrogens (primary N) is 1. The molecule has 2 unspecified atom stereocenters. The van der Waals surface area contributed by atoms with Gasteiger partial charge in [0.25, 0.3) is 5.91 Å². The van der Waals surface area contributed by atoms with Gasteiger partial charge in [0.15, 0.2) is 0 Å². The van der Waals surface area contributed by atoms with Gasteiger partial charge in [-0.05, 0) is 25.7 Å². The van der Waals surface area contributed by atoms with Crippen LogP contribution in [-0.2, 0) is 24.3 Å². The summed E-state index contributed by atoms with van der Waals surface area (Å²) in [4.78, 5) is 38.6. The summed E-state index contributed by atoms with van der Waals surface area (Å²) >= 11 is 0. The number of hydrogen-bond acceptors (Lipinski definition) is 7. The number of carbonyl (C=O) groups is 3. The Balaban J connectivity index is 1.69. The first kappa shape index (κ1) is 19.0. The number of amides is 4. The van der Waals surface area contributed by atoms with Crippen molar-refractivity contribution in [2.75, 3.05) is 6.54 Å². The third-order valence-corrected chi connectivity index (χ3v) is 5.56. The maximum absolute atomic E-state index is 12.7. The van der Waals surface area contributed by atoms with Crippen LogP contribution in [0.25, 0.3) is 0 Å². The lowest BCUT2D eigenvalue weighted by Crippen LogP contribution is -2.56. The first-order valence-electron chi connectivity index (χ1n) is 8.58. The van der Waals surface area contributed by atoms with Gasteiger partial charge in [-0.25, -0.2) is 15.6 Å². The predicted octanol–water partition coefficient (Wildman–Crippen LogP) is -0.201. The fourth-order valence-corrected chi connectivity index (χ4v) is 4.29. The normalized spacial score (nSPS) is 26.9. The number of fused-ring (bicyclic) bond motifs is 2. The average Bonchev–Trinajstić information content (AvgIpc) is 2.84. The first-order chi connectivity index (χ1) is 12.2. The molecule has 11 nitrogen and oxygen atoms in total. The second-order valence-electron chi connectivity index (χ2n) is 6.89. The van der Waals surface area contributed by atoms with E-state index in [4.69, 9.17) is 10.4 Å². The van der Waals surface area contributed by atoms with Crippen LogP contribution in [0.3, 0.4) is 0 Å². The monoisotopic (exact) mass is 390 g/mol. The average molecular weight is 390 g/mol. The van der Waals surface area contributed by atoms with Gasteiger partial charge in [-0.3, -0.25) is 14.1 Å². The molecular weight excluding hydrogens is 368 g/mol. The van der Waals surface area contributed by atoms with E-state index in [9.17, 15) is 22.8 Å². The number of hydrazine groups is 1. The zero-order chi connectivity index (χ0) is 19.1. The Morgan fingerprint density at radius 1 is 1.12 bits per heavy atom. The quantitative estimate of drug-likeness (QED) is 0.220. The van der Waals surface area contributed by atoms with E-state index >= 15 is 0 Å². The second kappa shape index (κ2) is 7.10. The molecule has 2 saturated heterocycles. The van der Waals surface area contributed by atoms with Crippen molar-refractivity contribution in [2.45, 2.75) is 57.0 Å². The van der Waals surface area contributed by atoms with Crippen molar-refractivity contribution >= 4 is 28.2 Å². The van der Waals surface area contributed by atoms with Gasteiger partial charge < -0.3 is 4.90 Å². The van der Waals surface area contributed by atoms with Gasteiger partial charge in [-0.2, -0.15) is 13.5 Å². The molecule has 3 rings (SSSR count). The summed E-state index contributed by atoms with van der Waals surface area (Å²) < 4.78 is 34.9. The standard InChI is InChI=1S/C14H22N4O7S/c15-17(12(19)9-4-2-1-3-5-9)13(20)11-7-6-10-8-16(11)14(21)18(10)25-26(22,23)24/h9-11H,1-8,15H2,(H,22,23,24). The molecule has 2 atom stereocenters. The lowest BCUT2D eigenvalue weighted by Gasteiger charge is -2.32. The molecule has 1 saturated carbocycles. The zero-order valence-electron chi connectivity index (χ0n) is 14.1. The SMILES string of the molecule is NN(C(=O)C1CCCCC1)C(=O)C1CCC2CN1C(=O)N2OS(=O)(=O)O. The van der Waals surface area contributed by atoms with Crippen LogP contribution >= 0.6 is 0 Å². The Morgan fingerprint density at radius 3 is 2.38 bits per heavy atom. The molecule has 0 aromatic heterocycles. The van der Waals surface area contributed by atoms with Crippen LogP contribution in [0.1, 0.15) is 44.9 Å². The Bertz CT molecular complexity index is 706. The number of imide groups is 1. The molecule has 146 valence electrons. The van der Waals surface area contributed by atoms with E-state index in [-0.39, 0.29) is 25.3 Å². The second-order valence-corrected chi connectivity index (χ2v) is 7.90. The Hall–Kier alpha value is -1.76. The van der Waals surface area contributed by atoms with Crippen molar-refractivity contribution in [3.8, 4) is 0 Å². The maximum Gasteiger partial charge on any atom is 0.418 e. The predicted molar refractivity (Wildman–Crippen MR) is 86.0 cm³/mol. The number of carbonyl (C=O) groups excluding carboxylic acids is 3. The minimum absolute atomic E-state index is 0.0518. The van der Waals surface area contributed by atoms with Gasteiger partial charge in [-0.15, -0.1) is 4.28 Å². The zero-order valence-corrected chi connectivity index (χ0v) is 14.9. The summed E-state index contributed by atoms with van der Waals surface area (Å²) in [6.45, 7) is 0.0518. The van der Waals surface area contributed by atoms with Gasteiger partial charge in [0.2, 0.25) is 5.91 Å². The maximum atomic E-state index is 12.7. The lowest BCUT2D eigenvalue weighted by molar-refractivity contribution is -0.151. The van der Waals surface area contributed by atoms with E-state index in [1.807, 2.05) is 0 Å². The van der Waals surface area contributed by atoms with Crippen LogP contribution in [0.4, 0.5) is 4.79 Å². The molecule has 26 heavy (non-hydrogen) atoms. The number of piperidine rings is 1. The molecule has 0 aromatic carbocycles. The Morgan fingerprint density at radius 2 is 1.77 bits per heavy atom. The van der Waals surface area contributed by atoms with E-state index in [1.54, 1.807) is 0 Å². The summed E-state index contributed by atoms with van der Waals surface area (Å²) in [5, 5.41) is 1.15. The topological polar surface area (TPSA) is 151 Å². The summed E-state index contributed by atoms with van der Waals surface area (Å²) in [5.74, 6) is 4.32. The van der Waals surface area contributed by atoms with Crippen LogP contribution in [0.5, 0.6) is 0 Å². The molecule has 4 amide bonds. The number of rotatable bonds is 4. The summed E-state index contributed by atoms with van der Waals surface area (Å²) in [5.41, 5.74) is 0. The third-order valence-electron chi connectivity index (χ3n) is 5.21. The highest BCUT2D eigenvalue weighted by Crippen LogP contribution is 2.32. The van der Waals surface area contributed by atoms with Crippen LogP contribution in [-0.4, -0.2) is 64.4 Å². The minimum atomic E-state index is -4.86. The molecule has 12 heteroatoms. The molecule has 0 spiro atoms.